The van der Waals surface area contributed by atoms with Crippen LogP contribution >= 0.6 is 0 Å². The topological polar surface area (TPSA) is 64.6 Å². The van der Waals surface area contributed by atoms with Crippen molar-refractivity contribution in [3.05, 3.63) is 65.7 Å². The predicted molar refractivity (Wildman–Crippen MR) is 72.3 cm³/mol. The second kappa shape index (κ2) is 6.38. The lowest BCUT2D eigenvalue weighted by atomic mass is 10.2. The Morgan fingerprint density at radius 3 is 2.15 bits per heavy atom. The second-order valence-corrected chi connectivity index (χ2v) is 3.92. The van der Waals surface area contributed by atoms with Crippen LogP contribution in [-0.4, -0.2) is 19.0 Å². The van der Waals surface area contributed by atoms with Crippen LogP contribution in [-0.2, 0) is 4.84 Å². The third kappa shape index (κ3) is 3.35. The van der Waals surface area contributed by atoms with Crippen molar-refractivity contribution in [3.8, 4) is 5.75 Å². The summed E-state index contributed by atoms with van der Waals surface area (Å²) in [5, 5.41) is 0. The lowest BCUT2D eigenvalue weighted by Gasteiger charge is -2.06. The molecule has 0 bridgehead atoms. The van der Waals surface area contributed by atoms with Crippen molar-refractivity contribution in [2.75, 3.05) is 7.11 Å². The number of amides is 1. The quantitative estimate of drug-likeness (QED) is 0.869. The lowest BCUT2D eigenvalue weighted by molar-refractivity contribution is 0.0230. The Labute approximate surface area is 116 Å². The first-order valence-corrected chi connectivity index (χ1v) is 5.91. The van der Waals surface area contributed by atoms with Crippen LogP contribution in [0.15, 0.2) is 54.6 Å². The van der Waals surface area contributed by atoms with E-state index in [0.717, 1.165) is 0 Å². The molecule has 102 valence electrons. The van der Waals surface area contributed by atoms with Gasteiger partial charge in [-0.2, -0.15) is 5.48 Å². The number of hydroxylamine groups is 1. The molecule has 0 aliphatic rings. The number of hydrogen-bond acceptors (Lipinski definition) is 4. The van der Waals surface area contributed by atoms with Crippen LogP contribution in [0.2, 0.25) is 0 Å². The van der Waals surface area contributed by atoms with Crippen LogP contribution in [0.4, 0.5) is 0 Å². The van der Waals surface area contributed by atoms with Gasteiger partial charge in [0.2, 0.25) is 0 Å². The summed E-state index contributed by atoms with van der Waals surface area (Å²) >= 11 is 0. The molecule has 0 aromatic heterocycles. The van der Waals surface area contributed by atoms with E-state index >= 15 is 0 Å². The van der Waals surface area contributed by atoms with Crippen molar-refractivity contribution in [2.24, 2.45) is 0 Å². The highest BCUT2D eigenvalue weighted by Gasteiger charge is 2.10. The molecule has 1 amide bonds. The molecule has 2 aromatic carbocycles. The molecule has 0 aliphatic heterocycles. The first-order valence-electron chi connectivity index (χ1n) is 5.91. The fourth-order valence-electron chi connectivity index (χ4n) is 1.53. The number of hydrogen-bond donors (Lipinski definition) is 1. The van der Waals surface area contributed by atoms with Crippen LogP contribution in [0.25, 0.3) is 0 Å². The number of nitrogens with one attached hydrogen (secondary N) is 1. The number of ether oxygens (including phenoxy) is 1. The van der Waals surface area contributed by atoms with E-state index in [-0.39, 0.29) is 0 Å². The zero-order valence-electron chi connectivity index (χ0n) is 10.8. The second-order valence-electron chi connectivity index (χ2n) is 3.92. The molecular formula is C15H13NO4. The fraction of sp³-hybridized carbons (Fsp3) is 0.0667. The van der Waals surface area contributed by atoms with Gasteiger partial charge in [0.25, 0.3) is 5.91 Å². The molecule has 2 rings (SSSR count). The minimum absolute atomic E-state index is 0.319. The van der Waals surface area contributed by atoms with Crippen LogP contribution < -0.4 is 10.2 Å². The average molecular weight is 271 g/mol. The first kappa shape index (κ1) is 13.6. The maximum atomic E-state index is 11.7. The predicted octanol–water partition coefficient (Wildman–Crippen LogP) is 2.20. The van der Waals surface area contributed by atoms with E-state index in [1.807, 2.05) is 0 Å². The molecule has 0 unspecified atom stereocenters. The van der Waals surface area contributed by atoms with Gasteiger partial charge in [0.05, 0.1) is 12.7 Å². The van der Waals surface area contributed by atoms with E-state index in [0.29, 0.717) is 16.9 Å². The smallest absolute Gasteiger partial charge is 0.362 e. The maximum absolute atomic E-state index is 11.7. The van der Waals surface area contributed by atoms with Gasteiger partial charge in [-0.25, -0.2) is 4.79 Å². The molecule has 5 nitrogen and oxygen atoms in total. The monoisotopic (exact) mass is 271 g/mol. The fourth-order valence-corrected chi connectivity index (χ4v) is 1.53. The summed E-state index contributed by atoms with van der Waals surface area (Å²) in [7, 11) is 1.54. The molecule has 0 atom stereocenters. The van der Waals surface area contributed by atoms with Gasteiger partial charge in [-0.1, -0.05) is 18.2 Å². The van der Waals surface area contributed by atoms with E-state index in [9.17, 15) is 9.59 Å². The molecule has 0 radical (unpaired) electrons. The van der Waals surface area contributed by atoms with E-state index in [1.165, 1.54) is 7.11 Å². The number of benzene rings is 2. The Hall–Kier alpha value is -2.82. The van der Waals surface area contributed by atoms with Crippen molar-refractivity contribution >= 4 is 11.9 Å². The van der Waals surface area contributed by atoms with Crippen molar-refractivity contribution in [3.63, 3.8) is 0 Å². The Morgan fingerprint density at radius 1 is 0.900 bits per heavy atom. The molecular weight excluding hydrogens is 258 g/mol. The molecule has 0 aliphatic carbocycles. The van der Waals surface area contributed by atoms with Gasteiger partial charge in [0, 0.05) is 5.56 Å². The molecule has 2 aromatic rings. The van der Waals surface area contributed by atoms with Gasteiger partial charge in [0.1, 0.15) is 5.75 Å². The Morgan fingerprint density at radius 2 is 1.55 bits per heavy atom. The summed E-state index contributed by atoms with van der Waals surface area (Å²) in [6.07, 6.45) is 0. The average Bonchev–Trinajstić information content (AvgIpc) is 2.53. The molecule has 0 heterocycles. The van der Waals surface area contributed by atoms with Gasteiger partial charge in [-0.3, -0.25) is 4.79 Å². The normalized spacial score (nSPS) is 9.65. The van der Waals surface area contributed by atoms with Crippen molar-refractivity contribution < 1.29 is 19.2 Å². The van der Waals surface area contributed by atoms with E-state index in [2.05, 4.69) is 5.48 Å². The highest BCUT2D eigenvalue weighted by Crippen LogP contribution is 2.11. The number of methoxy groups -OCH3 is 1. The van der Waals surface area contributed by atoms with E-state index in [4.69, 9.17) is 9.57 Å². The molecule has 0 spiro atoms. The Kier molecular flexibility index (Phi) is 4.34. The number of carbonyl (C=O) groups is 2. The maximum Gasteiger partial charge on any atom is 0.362 e. The van der Waals surface area contributed by atoms with Gasteiger partial charge < -0.3 is 9.57 Å². The minimum atomic E-state index is -0.642. The molecule has 5 heteroatoms. The van der Waals surface area contributed by atoms with Gasteiger partial charge in [0.15, 0.2) is 0 Å². The molecule has 20 heavy (non-hydrogen) atoms. The van der Waals surface area contributed by atoms with Gasteiger partial charge in [-0.15, -0.1) is 0 Å². The zero-order chi connectivity index (χ0) is 14.4. The van der Waals surface area contributed by atoms with Gasteiger partial charge in [-0.05, 0) is 36.4 Å². The largest absolute Gasteiger partial charge is 0.497 e. The van der Waals surface area contributed by atoms with Crippen molar-refractivity contribution in [1.29, 1.82) is 0 Å². The van der Waals surface area contributed by atoms with Crippen molar-refractivity contribution in [1.82, 2.24) is 5.48 Å². The molecule has 0 saturated heterocycles. The lowest BCUT2D eigenvalue weighted by Crippen LogP contribution is -2.27. The first-order chi connectivity index (χ1) is 9.70. The summed E-state index contributed by atoms with van der Waals surface area (Å²) < 4.78 is 4.98. The van der Waals surface area contributed by atoms with Crippen molar-refractivity contribution in [2.45, 2.75) is 0 Å². The summed E-state index contributed by atoms with van der Waals surface area (Å²) in [5.74, 6) is -0.487. The number of carbonyl (C=O) groups excluding carboxylic acids is 2. The minimum Gasteiger partial charge on any atom is -0.497 e. The van der Waals surface area contributed by atoms with Crippen LogP contribution in [0.3, 0.4) is 0 Å². The molecule has 1 N–H and O–H groups in total. The summed E-state index contributed by atoms with van der Waals surface area (Å²) in [4.78, 5) is 28.1. The summed E-state index contributed by atoms with van der Waals surface area (Å²) in [6.45, 7) is 0. The highest BCUT2D eigenvalue weighted by atomic mass is 16.7. The molecule has 0 saturated carbocycles. The highest BCUT2D eigenvalue weighted by molar-refractivity contribution is 5.95. The van der Waals surface area contributed by atoms with E-state index in [1.54, 1.807) is 54.6 Å². The summed E-state index contributed by atoms with van der Waals surface area (Å²) in [6, 6.07) is 14.9. The third-order valence-corrected chi connectivity index (χ3v) is 2.60. The standard InChI is InChI=1S/C15H13NO4/c1-19-13-9-7-12(8-10-13)15(18)20-16-14(17)11-5-3-2-4-6-11/h2-10H,1H3,(H,16,17). The molecule has 0 fully saturated rings. The van der Waals surface area contributed by atoms with Gasteiger partial charge >= 0.3 is 5.97 Å². The van der Waals surface area contributed by atoms with E-state index < -0.39 is 11.9 Å². The zero-order valence-corrected chi connectivity index (χ0v) is 10.8. The third-order valence-electron chi connectivity index (χ3n) is 2.60. The van der Waals surface area contributed by atoms with Crippen LogP contribution in [0.5, 0.6) is 5.75 Å². The SMILES string of the molecule is COc1ccc(C(=O)ONC(=O)c2ccccc2)cc1. The summed E-state index contributed by atoms with van der Waals surface area (Å²) in [5.41, 5.74) is 2.84. The number of rotatable bonds is 3. The van der Waals surface area contributed by atoms with Crippen LogP contribution in [0, 0.1) is 0 Å². The Balaban J connectivity index is 1.93. The Bertz CT molecular complexity index is 593. The van der Waals surface area contributed by atoms with Crippen LogP contribution in [0.1, 0.15) is 20.7 Å².